The quantitative estimate of drug-likeness (QED) is 0.154. The molecule has 63 heavy (non-hydrogen) atoms. The minimum atomic E-state index is -0.0272. The molecule has 0 aromatic heterocycles. The van der Waals surface area contributed by atoms with Gasteiger partial charge in [0.1, 0.15) is 0 Å². The molecule has 2 aliphatic heterocycles. The SMILES string of the molecule is CC(C)(C)c1cc(N2c3ccc(Cc4ccccc4)cc3B3c4cc(Cc5ccccc5)ccc4N(c4cc(C(C)(C)C)cc(C(C)(C)C)c4)c4cccc2c43)cc(C(C)(C)C)c1. The Bertz CT molecular complexity index is 2570. The van der Waals surface area contributed by atoms with Crippen molar-refractivity contribution in [3.63, 3.8) is 0 Å². The highest BCUT2D eigenvalue weighted by molar-refractivity contribution is 7.00. The minimum Gasteiger partial charge on any atom is -0.311 e. The first-order valence-electron chi connectivity index (χ1n) is 23.1. The molecule has 318 valence electrons. The maximum Gasteiger partial charge on any atom is 0.252 e. The Hall–Kier alpha value is -5.80. The van der Waals surface area contributed by atoms with Crippen molar-refractivity contribution in [3.05, 3.63) is 196 Å². The normalized spacial score (nSPS) is 13.7. The van der Waals surface area contributed by atoms with Gasteiger partial charge in [-0.3, -0.25) is 0 Å². The van der Waals surface area contributed by atoms with E-state index in [1.807, 2.05) is 0 Å². The minimum absolute atomic E-state index is 0.0272. The molecule has 7 aromatic rings. The Morgan fingerprint density at radius 2 is 0.683 bits per heavy atom. The molecule has 2 aliphatic rings. The molecular formula is C60H65BN2. The zero-order valence-electron chi connectivity index (χ0n) is 39.8. The van der Waals surface area contributed by atoms with Crippen molar-refractivity contribution in [1.82, 2.24) is 0 Å². The van der Waals surface area contributed by atoms with Crippen LogP contribution in [0.3, 0.4) is 0 Å². The van der Waals surface area contributed by atoms with Crippen LogP contribution >= 0.6 is 0 Å². The molecule has 0 fully saturated rings. The molecule has 0 atom stereocenters. The van der Waals surface area contributed by atoms with E-state index in [-0.39, 0.29) is 28.4 Å². The van der Waals surface area contributed by atoms with Crippen LogP contribution in [-0.2, 0) is 34.5 Å². The van der Waals surface area contributed by atoms with Crippen molar-refractivity contribution in [2.24, 2.45) is 0 Å². The Morgan fingerprint density at radius 3 is 1.02 bits per heavy atom. The maximum atomic E-state index is 2.60. The molecule has 0 amide bonds. The predicted molar refractivity (Wildman–Crippen MR) is 274 cm³/mol. The van der Waals surface area contributed by atoms with Crippen LogP contribution in [0.25, 0.3) is 0 Å². The van der Waals surface area contributed by atoms with Gasteiger partial charge in [0.25, 0.3) is 6.71 Å². The zero-order chi connectivity index (χ0) is 44.6. The van der Waals surface area contributed by atoms with Gasteiger partial charge in [-0.15, -0.1) is 0 Å². The molecule has 2 nitrogen and oxygen atoms in total. The number of anilines is 6. The summed E-state index contributed by atoms with van der Waals surface area (Å²) in [5.41, 5.74) is 22.1. The van der Waals surface area contributed by atoms with Crippen LogP contribution in [0.2, 0.25) is 0 Å². The summed E-state index contributed by atoms with van der Waals surface area (Å²) in [6.45, 7) is 28.2. The van der Waals surface area contributed by atoms with Crippen molar-refractivity contribution in [2.45, 2.75) is 118 Å². The highest BCUT2D eigenvalue weighted by Gasteiger charge is 2.44. The molecule has 3 heteroatoms. The Labute approximate surface area is 379 Å². The lowest BCUT2D eigenvalue weighted by Gasteiger charge is -2.45. The first-order valence-corrected chi connectivity index (χ1v) is 23.1. The number of nitrogens with zero attached hydrogens (tertiary/aromatic N) is 2. The standard InChI is InChI=1S/C60H65BN2/c1-57(2,3)44-34-45(58(4,5)6)37-48(36-44)62-52-28-26-42(30-40-20-15-13-16-21-40)32-50(52)61-51-33-43(31-41-22-17-14-18-23-41)27-29-53(51)63(55-25-19-24-54(62)56(55)61)49-38-46(59(7,8)9)35-47(39-49)60(10,11)12/h13-29,32-39H,30-31H2,1-12H3. The van der Waals surface area contributed by atoms with Gasteiger partial charge in [0, 0.05) is 34.1 Å². The van der Waals surface area contributed by atoms with E-state index >= 15 is 0 Å². The third-order valence-corrected chi connectivity index (χ3v) is 13.4. The van der Waals surface area contributed by atoms with Gasteiger partial charge in [-0.2, -0.15) is 0 Å². The van der Waals surface area contributed by atoms with Crippen LogP contribution in [0.5, 0.6) is 0 Å². The van der Waals surface area contributed by atoms with Crippen LogP contribution < -0.4 is 26.2 Å². The molecule has 0 N–H and O–H groups in total. The van der Waals surface area contributed by atoms with Crippen LogP contribution in [0.1, 0.15) is 128 Å². The van der Waals surface area contributed by atoms with Crippen LogP contribution in [0.15, 0.2) is 152 Å². The average molecular weight is 825 g/mol. The van der Waals surface area contributed by atoms with Gasteiger partial charge in [0.15, 0.2) is 0 Å². The fraction of sp³-hybridized carbons (Fsp3) is 0.300. The second-order valence-corrected chi connectivity index (χ2v) is 22.5. The molecule has 0 saturated heterocycles. The van der Waals surface area contributed by atoms with E-state index in [1.165, 1.54) is 95.0 Å². The zero-order valence-corrected chi connectivity index (χ0v) is 39.8. The smallest absolute Gasteiger partial charge is 0.252 e. The maximum absolute atomic E-state index is 2.60. The molecule has 0 aliphatic carbocycles. The van der Waals surface area contributed by atoms with Crippen molar-refractivity contribution >= 4 is 57.2 Å². The van der Waals surface area contributed by atoms with E-state index < -0.39 is 0 Å². The number of rotatable bonds is 6. The van der Waals surface area contributed by atoms with E-state index in [0.717, 1.165) is 12.8 Å². The summed E-state index contributed by atoms with van der Waals surface area (Å²) >= 11 is 0. The summed E-state index contributed by atoms with van der Waals surface area (Å²) < 4.78 is 0. The Balaban J connectivity index is 1.36. The fourth-order valence-electron chi connectivity index (χ4n) is 9.69. The first kappa shape index (κ1) is 42.5. The first-order chi connectivity index (χ1) is 29.7. The highest BCUT2D eigenvalue weighted by Crippen LogP contribution is 2.47. The van der Waals surface area contributed by atoms with Crippen molar-refractivity contribution in [2.75, 3.05) is 9.80 Å². The van der Waals surface area contributed by atoms with Gasteiger partial charge < -0.3 is 9.80 Å². The number of hydrogen-bond acceptors (Lipinski definition) is 2. The molecule has 0 saturated carbocycles. The highest BCUT2D eigenvalue weighted by atomic mass is 15.2. The Morgan fingerprint density at radius 1 is 0.333 bits per heavy atom. The van der Waals surface area contributed by atoms with Gasteiger partial charge in [0.2, 0.25) is 0 Å². The lowest BCUT2D eigenvalue weighted by molar-refractivity contribution is 0.568. The fourth-order valence-corrected chi connectivity index (χ4v) is 9.69. The van der Waals surface area contributed by atoms with E-state index in [0.29, 0.717) is 0 Å². The molecule has 7 aromatic carbocycles. The molecule has 0 bridgehead atoms. The third kappa shape index (κ3) is 8.17. The lowest BCUT2D eigenvalue weighted by atomic mass is 9.33. The van der Waals surface area contributed by atoms with E-state index in [2.05, 4.69) is 245 Å². The molecular weight excluding hydrogens is 759 g/mol. The van der Waals surface area contributed by atoms with Crippen molar-refractivity contribution in [3.8, 4) is 0 Å². The van der Waals surface area contributed by atoms with Crippen molar-refractivity contribution < 1.29 is 0 Å². The van der Waals surface area contributed by atoms with Gasteiger partial charge in [-0.25, -0.2) is 0 Å². The van der Waals surface area contributed by atoms with Crippen LogP contribution in [0, 0.1) is 0 Å². The molecule has 0 spiro atoms. The summed E-state index contributed by atoms with van der Waals surface area (Å²) in [7, 11) is 0. The van der Waals surface area contributed by atoms with Gasteiger partial charge in [0.05, 0.1) is 0 Å². The molecule has 0 unspecified atom stereocenters. The topological polar surface area (TPSA) is 6.48 Å². The van der Waals surface area contributed by atoms with E-state index in [1.54, 1.807) is 0 Å². The van der Waals surface area contributed by atoms with Gasteiger partial charge in [-0.05, 0) is 144 Å². The van der Waals surface area contributed by atoms with Crippen molar-refractivity contribution in [1.29, 1.82) is 0 Å². The summed E-state index contributed by atoms with van der Waals surface area (Å²) in [4.78, 5) is 5.20. The Kier molecular flexibility index (Phi) is 10.4. The summed E-state index contributed by atoms with van der Waals surface area (Å²) in [6.07, 6.45) is 1.76. The van der Waals surface area contributed by atoms with Gasteiger partial charge >= 0.3 is 0 Å². The largest absolute Gasteiger partial charge is 0.311 e. The monoisotopic (exact) mass is 825 g/mol. The van der Waals surface area contributed by atoms with Gasteiger partial charge in [-0.1, -0.05) is 186 Å². The van der Waals surface area contributed by atoms with E-state index in [9.17, 15) is 0 Å². The second kappa shape index (κ2) is 15.5. The van der Waals surface area contributed by atoms with Crippen LogP contribution in [0.4, 0.5) is 34.1 Å². The summed E-state index contributed by atoms with van der Waals surface area (Å²) in [5, 5.41) is 0. The lowest BCUT2D eigenvalue weighted by Crippen LogP contribution is -2.61. The molecule has 0 radical (unpaired) electrons. The van der Waals surface area contributed by atoms with E-state index in [4.69, 9.17) is 0 Å². The number of hydrogen-bond donors (Lipinski definition) is 0. The third-order valence-electron chi connectivity index (χ3n) is 13.4. The number of fused-ring (bicyclic) bond motifs is 4. The summed E-state index contributed by atoms with van der Waals surface area (Å²) in [5.74, 6) is 0. The van der Waals surface area contributed by atoms with Crippen LogP contribution in [-0.4, -0.2) is 6.71 Å². The molecule has 2 heterocycles. The second-order valence-electron chi connectivity index (χ2n) is 22.5. The average Bonchev–Trinajstić information content (AvgIpc) is 3.23. The molecule has 9 rings (SSSR count). The number of benzene rings is 7. The predicted octanol–water partition coefficient (Wildman–Crippen LogP) is 14.1. The summed E-state index contributed by atoms with van der Waals surface area (Å²) in [6, 6.07) is 58.4.